The number of fused-ring (bicyclic) bond motifs is 3. The molecule has 0 saturated carbocycles. The highest BCUT2D eigenvalue weighted by molar-refractivity contribution is 8.00. The molecule has 720 valence electrons. The minimum Gasteiger partial charge on any atom is -0.394 e. The number of primary amides is 2. The first-order valence-corrected chi connectivity index (χ1v) is 45.8. The van der Waals surface area contributed by atoms with Gasteiger partial charge in [0.15, 0.2) is 5.96 Å². The van der Waals surface area contributed by atoms with E-state index in [-0.39, 0.29) is 89.6 Å². The van der Waals surface area contributed by atoms with Crippen LogP contribution in [0.25, 0.3) is 21.7 Å². The molecule has 2 aliphatic rings. The molecule has 133 heavy (non-hydrogen) atoms. The van der Waals surface area contributed by atoms with Crippen LogP contribution in [0.5, 0.6) is 0 Å². The van der Waals surface area contributed by atoms with E-state index in [9.17, 15) is 62.6 Å². The highest BCUT2D eigenvalue weighted by Gasteiger charge is 2.44. The molecule has 6 aromatic rings. The van der Waals surface area contributed by atoms with Crippen LogP contribution in [-0.2, 0) is 107 Å². The van der Waals surface area contributed by atoms with E-state index in [4.69, 9.17) is 22.6 Å². The number of amides is 17. The largest absolute Gasteiger partial charge is 0.394 e. The molecule has 2 fully saturated rings. The molecule has 0 radical (unpaired) electrons. The van der Waals surface area contributed by atoms with Gasteiger partial charge in [0.1, 0.15) is 78.5 Å². The molecule has 0 unspecified atom stereocenters. The van der Waals surface area contributed by atoms with Crippen LogP contribution in [0.3, 0.4) is 0 Å². The Labute approximate surface area is 775 Å². The van der Waals surface area contributed by atoms with E-state index in [0.717, 1.165) is 41.6 Å². The van der Waals surface area contributed by atoms with Crippen molar-refractivity contribution in [1.82, 2.24) is 97.9 Å². The second kappa shape index (κ2) is 51.3. The molecule has 0 bridgehead atoms. The minimum atomic E-state index is -1.85. The maximum atomic E-state index is 15.8. The van der Waals surface area contributed by atoms with Crippen molar-refractivity contribution >= 4 is 140 Å². The molecule has 42 heteroatoms. The fourth-order valence-electron chi connectivity index (χ4n) is 16.0. The Balaban J connectivity index is 1.19. The Hall–Kier alpha value is -13.5. The molecule has 17 amide bonds. The molecule has 4 aromatic carbocycles. The number of nitrogens with one attached hydrogen (secondary N) is 14. The number of aromatic nitrogens is 3. The predicted octanol–water partition coefficient (Wildman–Crippen LogP) is -1.47. The lowest BCUT2D eigenvalue weighted by Gasteiger charge is -2.36. The number of carbonyl (C=O) groups excluding carboxylic acids is 17. The average Bonchev–Trinajstić information content (AvgIpc) is 1.71. The fraction of sp³-hybridized carbons (Fsp3) is 0.505. The van der Waals surface area contributed by atoms with Crippen LogP contribution in [0.15, 0.2) is 116 Å². The Morgan fingerprint density at radius 2 is 1.12 bits per heavy atom. The van der Waals surface area contributed by atoms with Crippen molar-refractivity contribution < 1.29 is 86.6 Å². The number of rotatable bonds is 26. The van der Waals surface area contributed by atoms with Crippen molar-refractivity contribution in [3.05, 3.63) is 138 Å². The number of aliphatic hydroxyl groups is 1. The summed E-state index contributed by atoms with van der Waals surface area (Å²) in [5, 5.41) is 50.3. The zero-order valence-corrected chi connectivity index (χ0v) is 77.3. The molecule has 0 aliphatic carbocycles. The lowest BCUT2D eigenvalue weighted by Crippen LogP contribution is -2.61. The van der Waals surface area contributed by atoms with Gasteiger partial charge in [-0.05, 0) is 91.3 Å². The van der Waals surface area contributed by atoms with Crippen LogP contribution in [-0.4, -0.2) is 302 Å². The van der Waals surface area contributed by atoms with Gasteiger partial charge in [0, 0.05) is 102 Å². The average molecular weight is 1860 g/mol. The summed E-state index contributed by atoms with van der Waals surface area (Å²) >= 11 is 0.796. The molecule has 2 aliphatic heterocycles. The van der Waals surface area contributed by atoms with E-state index in [1.165, 1.54) is 47.6 Å². The number of aromatic amines is 2. The van der Waals surface area contributed by atoms with Crippen molar-refractivity contribution in [2.75, 3.05) is 72.5 Å². The number of carbonyl (C=O) groups is 17. The molecule has 2 saturated heterocycles. The van der Waals surface area contributed by atoms with Gasteiger partial charge in [-0.25, -0.2) is 4.98 Å². The van der Waals surface area contributed by atoms with Crippen molar-refractivity contribution in [1.29, 1.82) is 5.41 Å². The van der Waals surface area contributed by atoms with Crippen molar-refractivity contribution in [2.45, 2.75) is 216 Å². The monoisotopic (exact) mass is 1860 g/mol. The number of H-pyrrole nitrogens is 2. The highest BCUT2D eigenvalue weighted by atomic mass is 32.2. The van der Waals surface area contributed by atoms with Gasteiger partial charge in [0.25, 0.3) is 0 Å². The van der Waals surface area contributed by atoms with Crippen LogP contribution in [0.1, 0.15) is 134 Å². The Morgan fingerprint density at radius 1 is 0.541 bits per heavy atom. The van der Waals surface area contributed by atoms with Gasteiger partial charge < -0.3 is 115 Å². The van der Waals surface area contributed by atoms with Crippen LogP contribution in [0.4, 0.5) is 0 Å². The number of benzene rings is 4. The van der Waals surface area contributed by atoms with Crippen LogP contribution in [0, 0.1) is 11.3 Å². The number of thioether (sulfide) groups is 1. The number of para-hydroxylation sites is 1. The van der Waals surface area contributed by atoms with E-state index in [2.05, 4.69) is 73.4 Å². The Kier molecular flexibility index (Phi) is 40.4. The molecule has 2 aromatic heterocycles. The van der Waals surface area contributed by atoms with E-state index in [1.54, 1.807) is 92.8 Å². The second-order valence-corrected chi connectivity index (χ2v) is 35.0. The third kappa shape index (κ3) is 30.8. The molecule has 8 rings (SSSR count). The van der Waals surface area contributed by atoms with Crippen molar-refractivity contribution in [3.8, 4) is 0 Å². The minimum absolute atomic E-state index is 0.00163. The lowest BCUT2D eigenvalue weighted by atomic mass is 9.97. The summed E-state index contributed by atoms with van der Waals surface area (Å²) in [7, 11) is 5.27. The smallest absolute Gasteiger partial charge is 0.246 e. The van der Waals surface area contributed by atoms with Gasteiger partial charge in [-0.3, -0.25) is 86.9 Å². The van der Waals surface area contributed by atoms with Crippen molar-refractivity contribution in [3.63, 3.8) is 0 Å². The summed E-state index contributed by atoms with van der Waals surface area (Å²) in [4.78, 5) is 264. The summed E-state index contributed by atoms with van der Waals surface area (Å²) in [6.45, 7) is 5.94. The number of unbranched alkanes of at least 4 members (excludes halogenated alkanes) is 2. The zero-order chi connectivity index (χ0) is 97.3. The molecule has 21 N–H and O–H groups in total. The first kappa shape index (κ1) is 105. The molecular formula is C91H127N23O18S. The third-order valence-corrected chi connectivity index (χ3v) is 24.4. The predicted molar refractivity (Wildman–Crippen MR) is 495 cm³/mol. The van der Waals surface area contributed by atoms with Crippen LogP contribution >= 0.6 is 11.8 Å². The number of guanidine groups is 1. The van der Waals surface area contributed by atoms with E-state index in [0.29, 0.717) is 64.4 Å². The SMILES string of the molecule is CCCC[C@H]1C(=O)N(C)[C@@H](CCCC)C(=O)N[C@@H](CCCNC(=N)N)C(=O)N[C@@H](C(=O)NCC(N)=O)CSCC(=O)N[C@@H](Cc2ccccc2)C(=O)N(C)[C@@H](C)C(=O)N[C@@H](CC(N)=O)C(=O)N2CCC[C@H]2C(=O)N[C@@H](Cc2cnc[nH]2)C(=O)N[C@@H](CC(C)C)C(=O)N(C)CC(=O)N[C@@H](Cc2c[nH]c3ccccc23)C(=O)N[C@@H](CO)C(=O)N[C@@H](Cc2cccc3ccccc23)C(=O)N1C. The van der Waals surface area contributed by atoms with Crippen LogP contribution < -0.4 is 75.7 Å². The molecule has 41 nitrogen and oxygen atoms in total. The number of imidazole rings is 1. The standard InChI is InChI=1S/C91H127N23O18S/c1-10-12-33-71-84(126)103-62(32-22-36-97-91(94)95)80(122)109-70(79(121)99-46-75(93)117)49-133-50-77(119)102-66(39-54-24-15-14-16-25-54)87(129)111(7)53(5)78(120)105-68(43-74(92)116)89(131)114-37-23-35-72(114)85(127)104-64(42-58-45-96-51-100-58)82(124)106-65(38-52(3)4)86(128)110(6)47-76(118)101-63(41-57-44-98-61-31-20-19-30-60(57)61)81(123)108-69(48-115)83(125)107-67(40-56-28-21-27-55-26-17-18-29-59(55)56)88(130)113(9)73(34-13-11-2)90(132)112(71)8/h14-21,24-31,44-45,51-53,62-73,98,115H,10-13,22-23,32-43,46-50H2,1-9H3,(H2,92,116)(H2,93,117)(H,96,100)(H,99,121)(H,101,118)(H,102,119)(H,103,126)(H,104,127)(H,105,120)(H,106,124)(H,107,125)(H,108,123)(H,109,122)(H4,94,95,97)/t53-,62-,63-,64-,65-,66-,67-,68-,69-,70+,71-,72-,73-/m0/s1. The van der Waals surface area contributed by atoms with Gasteiger partial charge in [-0.15, -0.1) is 11.8 Å². The number of aliphatic hydroxyl groups excluding tert-OH is 1. The van der Waals surface area contributed by atoms with E-state index in [1.807, 2.05) is 38.1 Å². The zero-order valence-electron chi connectivity index (χ0n) is 76.5. The highest BCUT2D eigenvalue weighted by Crippen LogP contribution is 2.26. The van der Waals surface area contributed by atoms with E-state index >= 15 is 24.0 Å². The van der Waals surface area contributed by atoms with Gasteiger partial charge in [0.2, 0.25) is 100 Å². The second-order valence-electron chi connectivity index (χ2n) is 33.9. The van der Waals surface area contributed by atoms with E-state index < -0.39 is 223 Å². The first-order valence-electron chi connectivity index (χ1n) is 44.6. The van der Waals surface area contributed by atoms with Gasteiger partial charge in [0.05, 0.1) is 38.2 Å². The Bertz CT molecular complexity index is 5090. The summed E-state index contributed by atoms with van der Waals surface area (Å²) < 4.78 is 0. The summed E-state index contributed by atoms with van der Waals surface area (Å²) in [6.07, 6.45) is 4.39. The quantitative estimate of drug-likeness (QED) is 0.0168. The summed E-state index contributed by atoms with van der Waals surface area (Å²) in [5.41, 5.74) is 19.4. The molecule has 13 atom stereocenters. The number of nitrogens with zero attached hydrogens (tertiary/aromatic N) is 6. The summed E-state index contributed by atoms with van der Waals surface area (Å²) in [5.74, 6) is -17.1. The fourth-order valence-corrected chi connectivity index (χ4v) is 16.8. The molecule has 0 spiro atoms. The topological polar surface area (TPSA) is 605 Å². The maximum Gasteiger partial charge on any atom is 0.246 e. The number of hydrogen-bond donors (Lipinski definition) is 18. The maximum absolute atomic E-state index is 15.8. The lowest BCUT2D eigenvalue weighted by molar-refractivity contribution is -0.149. The van der Waals surface area contributed by atoms with Crippen molar-refractivity contribution in [2.24, 2.45) is 23.1 Å². The summed E-state index contributed by atoms with van der Waals surface area (Å²) in [6, 6.07) is 8.39. The molecule has 4 heterocycles. The van der Waals surface area contributed by atoms with Gasteiger partial charge in [-0.2, -0.15) is 0 Å². The molecular weight excluding hydrogens is 1740 g/mol. The van der Waals surface area contributed by atoms with Gasteiger partial charge in [-0.1, -0.05) is 144 Å². The Morgan fingerprint density at radius 3 is 1.78 bits per heavy atom. The number of hydrogen-bond acceptors (Lipinski definition) is 21. The normalized spacial score (nSPS) is 23.4. The number of likely N-dealkylation sites (N-methyl/N-ethyl adjacent to an activating group) is 4. The number of nitrogens with two attached hydrogens (primary N) is 3. The first-order chi connectivity index (χ1) is 63.4. The van der Waals surface area contributed by atoms with Gasteiger partial charge >= 0.3 is 0 Å². The van der Waals surface area contributed by atoms with Crippen LogP contribution in [0.2, 0.25) is 0 Å². The third-order valence-electron chi connectivity index (χ3n) is 23.3.